The van der Waals surface area contributed by atoms with Crippen LogP contribution in [0.4, 0.5) is 0 Å². The van der Waals surface area contributed by atoms with Crippen molar-refractivity contribution in [1.82, 2.24) is 4.90 Å². The minimum Gasteiger partial charge on any atom is -0.300 e. The molecule has 2 atom stereocenters. The molecule has 1 heterocycles. The van der Waals surface area contributed by atoms with Crippen LogP contribution in [-0.4, -0.2) is 29.9 Å². The zero-order chi connectivity index (χ0) is 9.10. The van der Waals surface area contributed by atoms with Crippen molar-refractivity contribution in [1.29, 1.82) is 0 Å². The Morgan fingerprint density at radius 2 is 1.92 bits per heavy atom. The molecular formula is C11H20ClN. The Balaban J connectivity index is 1.66. The zero-order valence-corrected chi connectivity index (χ0v) is 9.10. The van der Waals surface area contributed by atoms with E-state index in [1.807, 2.05) is 0 Å². The van der Waals surface area contributed by atoms with Crippen LogP contribution in [0.25, 0.3) is 0 Å². The van der Waals surface area contributed by atoms with E-state index >= 15 is 0 Å². The first kappa shape index (κ1) is 9.79. The third-order valence-corrected chi connectivity index (χ3v) is 3.72. The molecule has 0 spiro atoms. The lowest BCUT2D eigenvalue weighted by molar-refractivity contribution is 0.208. The number of hydrogen-bond donors (Lipinski definition) is 0. The van der Waals surface area contributed by atoms with Gasteiger partial charge in [0, 0.05) is 11.9 Å². The summed E-state index contributed by atoms with van der Waals surface area (Å²) >= 11 is 5.69. The second-order valence-corrected chi connectivity index (χ2v) is 4.87. The molecule has 13 heavy (non-hydrogen) atoms. The summed E-state index contributed by atoms with van der Waals surface area (Å²) in [6, 6.07) is 0.948. The van der Waals surface area contributed by atoms with E-state index in [9.17, 15) is 0 Å². The Labute approximate surface area is 86.4 Å². The number of hydrogen-bond acceptors (Lipinski definition) is 1. The summed E-state index contributed by atoms with van der Waals surface area (Å²) in [7, 11) is 0. The summed E-state index contributed by atoms with van der Waals surface area (Å²) < 4.78 is 0. The van der Waals surface area contributed by atoms with Crippen LogP contribution < -0.4 is 0 Å². The molecule has 1 saturated carbocycles. The molecule has 1 saturated heterocycles. The van der Waals surface area contributed by atoms with Crippen LogP contribution in [0, 0.1) is 5.92 Å². The van der Waals surface area contributed by atoms with Crippen molar-refractivity contribution in [3.8, 4) is 0 Å². The molecule has 76 valence electrons. The summed E-state index contributed by atoms with van der Waals surface area (Å²) in [5.74, 6) is 1.85. The van der Waals surface area contributed by atoms with E-state index in [2.05, 4.69) is 4.90 Å². The highest BCUT2D eigenvalue weighted by molar-refractivity contribution is 6.17. The molecule has 0 aromatic heterocycles. The van der Waals surface area contributed by atoms with E-state index in [1.165, 1.54) is 51.6 Å². The molecule has 0 bridgehead atoms. The van der Waals surface area contributed by atoms with Gasteiger partial charge in [0.25, 0.3) is 0 Å². The highest BCUT2D eigenvalue weighted by Crippen LogP contribution is 2.40. The Morgan fingerprint density at radius 3 is 2.62 bits per heavy atom. The quantitative estimate of drug-likeness (QED) is 0.633. The van der Waals surface area contributed by atoms with Crippen LogP contribution in [0.3, 0.4) is 0 Å². The van der Waals surface area contributed by atoms with Gasteiger partial charge in [-0.15, -0.1) is 11.6 Å². The highest BCUT2D eigenvalue weighted by atomic mass is 35.5. The van der Waals surface area contributed by atoms with Crippen LogP contribution in [0.1, 0.15) is 38.5 Å². The zero-order valence-electron chi connectivity index (χ0n) is 8.34. The van der Waals surface area contributed by atoms with Crippen molar-refractivity contribution in [2.75, 3.05) is 19.0 Å². The van der Waals surface area contributed by atoms with Gasteiger partial charge < -0.3 is 4.90 Å². The predicted molar refractivity (Wildman–Crippen MR) is 57.3 cm³/mol. The van der Waals surface area contributed by atoms with Crippen molar-refractivity contribution >= 4 is 11.6 Å². The normalized spacial score (nSPS) is 34.8. The lowest BCUT2D eigenvalue weighted by Crippen LogP contribution is -2.32. The maximum atomic E-state index is 5.69. The average Bonchev–Trinajstić information content (AvgIpc) is 2.95. The summed E-state index contributed by atoms with van der Waals surface area (Å²) in [5, 5.41) is 0. The van der Waals surface area contributed by atoms with E-state index in [1.54, 1.807) is 0 Å². The number of piperidine rings is 1. The second-order valence-electron chi connectivity index (χ2n) is 4.49. The molecule has 0 aromatic rings. The standard InChI is InChI=1S/C11H20ClN/c12-6-4-5-10-9-11(10)13-7-2-1-3-8-13/h10-11H,1-9H2/t10-,11-/m0/s1. The van der Waals surface area contributed by atoms with Crippen molar-refractivity contribution < 1.29 is 0 Å². The smallest absolute Gasteiger partial charge is 0.0223 e. The first-order chi connectivity index (χ1) is 6.42. The molecule has 0 unspecified atom stereocenters. The molecule has 0 N–H and O–H groups in total. The lowest BCUT2D eigenvalue weighted by atomic mass is 10.1. The average molecular weight is 202 g/mol. The summed E-state index contributed by atoms with van der Waals surface area (Å²) in [6.45, 7) is 2.73. The van der Waals surface area contributed by atoms with Crippen molar-refractivity contribution in [3.63, 3.8) is 0 Å². The van der Waals surface area contributed by atoms with E-state index < -0.39 is 0 Å². The van der Waals surface area contributed by atoms with E-state index in [4.69, 9.17) is 11.6 Å². The molecule has 2 aliphatic rings. The molecular weight excluding hydrogens is 182 g/mol. The summed E-state index contributed by atoms with van der Waals surface area (Å²) in [5.41, 5.74) is 0. The van der Waals surface area contributed by atoms with E-state index in [-0.39, 0.29) is 0 Å². The number of halogens is 1. The maximum absolute atomic E-state index is 5.69. The van der Waals surface area contributed by atoms with Gasteiger partial charge in [0.05, 0.1) is 0 Å². The Bertz CT molecular complexity index is 154. The maximum Gasteiger partial charge on any atom is 0.0223 e. The monoisotopic (exact) mass is 201 g/mol. The first-order valence-electron chi connectivity index (χ1n) is 5.72. The van der Waals surface area contributed by atoms with Crippen LogP contribution in [0.5, 0.6) is 0 Å². The third kappa shape index (κ3) is 2.60. The minimum absolute atomic E-state index is 0.850. The van der Waals surface area contributed by atoms with Gasteiger partial charge >= 0.3 is 0 Å². The van der Waals surface area contributed by atoms with Crippen LogP contribution in [-0.2, 0) is 0 Å². The van der Waals surface area contributed by atoms with Crippen molar-refractivity contribution in [3.05, 3.63) is 0 Å². The van der Waals surface area contributed by atoms with Gasteiger partial charge in [-0.3, -0.25) is 0 Å². The fourth-order valence-corrected chi connectivity index (χ4v) is 2.73. The number of alkyl halides is 1. The molecule has 2 heteroatoms. The number of rotatable bonds is 4. The molecule has 0 amide bonds. The number of likely N-dealkylation sites (tertiary alicyclic amines) is 1. The Kier molecular flexibility index (Phi) is 3.51. The third-order valence-electron chi connectivity index (χ3n) is 3.45. The SMILES string of the molecule is ClCCC[C@H]1C[C@@H]1N1CCCCC1. The van der Waals surface area contributed by atoms with Crippen molar-refractivity contribution in [2.45, 2.75) is 44.6 Å². The molecule has 0 radical (unpaired) electrons. The minimum atomic E-state index is 0.850. The molecule has 1 nitrogen and oxygen atoms in total. The van der Waals surface area contributed by atoms with Crippen LogP contribution in [0.15, 0.2) is 0 Å². The van der Waals surface area contributed by atoms with Gasteiger partial charge in [0.15, 0.2) is 0 Å². The first-order valence-corrected chi connectivity index (χ1v) is 6.25. The van der Waals surface area contributed by atoms with Gasteiger partial charge in [0.2, 0.25) is 0 Å². The molecule has 1 aliphatic carbocycles. The van der Waals surface area contributed by atoms with E-state index in [0.717, 1.165) is 17.8 Å². The Hall–Kier alpha value is 0.250. The van der Waals surface area contributed by atoms with Crippen LogP contribution >= 0.6 is 11.6 Å². The highest BCUT2D eigenvalue weighted by Gasteiger charge is 2.40. The molecule has 2 fully saturated rings. The van der Waals surface area contributed by atoms with Gasteiger partial charge in [-0.2, -0.15) is 0 Å². The molecule has 1 aliphatic heterocycles. The summed E-state index contributed by atoms with van der Waals surface area (Å²) in [4.78, 5) is 2.71. The fraction of sp³-hybridized carbons (Fsp3) is 1.00. The van der Waals surface area contributed by atoms with Gasteiger partial charge in [-0.1, -0.05) is 6.42 Å². The van der Waals surface area contributed by atoms with Gasteiger partial charge in [-0.25, -0.2) is 0 Å². The van der Waals surface area contributed by atoms with Crippen LogP contribution in [0.2, 0.25) is 0 Å². The lowest BCUT2D eigenvalue weighted by Gasteiger charge is -2.26. The molecule has 0 aromatic carbocycles. The van der Waals surface area contributed by atoms with E-state index in [0.29, 0.717) is 0 Å². The fourth-order valence-electron chi connectivity index (χ4n) is 2.58. The summed E-state index contributed by atoms with van der Waals surface area (Å²) in [6.07, 6.45) is 8.35. The van der Waals surface area contributed by atoms with Gasteiger partial charge in [0.1, 0.15) is 0 Å². The second kappa shape index (κ2) is 4.65. The largest absolute Gasteiger partial charge is 0.300 e. The van der Waals surface area contributed by atoms with Gasteiger partial charge in [-0.05, 0) is 51.1 Å². The topological polar surface area (TPSA) is 3.24 Å². The number of nitrogens with zero attached hydrogens (tertiary/aromatic N) is 1. The van der Waals surface area contributed by atoms with Crippen molar-refractivity contribution in [2.24, 2.45) is 5.92 Å². The molecule has 2 rings (SSSR count). The Morgan fingerprint density at radius 1 is 1.15 bits per heavy atom. The predicted octanol–water partition coefficient (Wildman–Crippen LogP) is 2.88.